The molecule has 0 bridgehead atoms. The lowest BCUT2D eigenvalue weighted by atomic mass is 10.0. The van der Waals surface area contributed by atoms with E-state index >= 15 is 0 Å². The Morgan fingerprint density at radius 3 is 1.51 bits per heavy atom. The zero-order valence-electron chi connectivity index (χ0n) is 35.5. The zero-order valence-corrected chi connectivity index (χ0v) is 36.4. The van der Waals surface area contributed by atoms with Gasteiger partial charge in [-0.25, -0.2) is 4.57 Å². The van der Waals surface area contributed by atoms with Crippen molar-refractivity contribution in [1.82, 2.24) is 5.32 Å². The first kappa shape index (κ1) is 53.7. The third kappa shape index (κ3) is 39.3. The number of aliphatic hydroxyl groups is 2. The van der Waals surface area contributed by atoms with Crippen LogP contribution < -0.4 is 11.1 Å². The summed E-state index contributed by atoms with van der Waals surface area (Å²) in [5.74, 6) is -0.464. The average Bonchev–Trinajstić information content (AvgIpc) is 3.16. The molecule has 0 aliphatic heterocycles. The van der Waals surface area contributed by atoms with Gasteiger partial charge in [0.05, 0.1) is 37.9 Å². The van der Waals surface area contributed by atoms with Crippen LogP contribution in [0.3, 0.4) is 0 Å². The van der Waals surface area contributed by atoms with E-state index in [1.807, 2.05) is 6.08 Å². The molecule has 1 amide bonds. The summed E-state index contributed by atoms with van der Waals surface area (Å²) in [5, 5.41) is 24.0. The highest BCUT2D eigenvalue weighted by molar-refractivity contribution is 7.47. The first-order chi connectivity index (χ1) is 26.8. The molecule has 0 heterocycles. The lowest BCUT2D eigenvalue weighted by Crippen LogP contribution is -2.46. The normalized spacial score (nSPS) is 14.9. The van der Waals surface area contributed by atoms with Crippen LogP contribution in [-0.2, 0) is 18.4 Å². The number of nitrogens with one attached hydrogen (secondary N) is 1. The lowest BCUT2D eigenvalue weighted by Gasteiger charge is -2.24. The Hall–Kier alpha value is -1.32. The molecule has 0 spiro atoms. The van der Waals surface area contributed by atoms with Gasteiger partial charge in [-0.1, -0.05) is 179 Å². The van der Waals surface area contributed by atoms with Crippen molar-refractivity contribution >= 4 is 13.7 Å². The Morgan fingerprint density at radius 1 is 0.618 bits per heavy atom. The summed E-state index contributed by atoms with van der Waals surface area (Å²) in [4.78, 5) is 22.8. The van der Waals surface area contributed by atoms with Crippen molar-refractivity contribution in [3.63, 3.8) is 0 Å². The molecule has 6 N–H and O–H groups in total. The first-order valence-electron chi connectivity index (χ1n) is 22.7. The molecule has 0 saturated heterocycles. The van der Waals surface area contributed by atoms with E-state index in [0.717, 1.165) is 44.9 Å². The fourth-order valence-corrected chi connectivity index (χ4v) is 7.30. The topological polar surface area (TPSA) is 151 Å². The van der Waals surface area contributed by atoms with E-state index < -0.39 is 38.6 Å². The van der Waals surface area contributed by atoms with Crippen molar-refractivity contribution in [2.45, 2.75) is 225 Å². The van der Waals surface area contributed by atoms with Gasteiger partial charge in [0.2, 0.25) is 5.91 Å². The zero-order chi connectivity index (χ0) is 40.5. The third-order valence-corrected chi connectivity index (χ3v) is 11.0. The molecule has 0 aliphatic carbocycles. The minimum absolute atomic E-state index is 0.0428. The van der Waals surface area contributed by atoms with Crippen LogP contribution in [0.5, 0.6) is 0 Å². The second-order valence-corrected chi connectivity index (χ2v) is 16.9. The lowest BCUT2D eigenvalue weighted by molar-refractivity contribution is -0.124. The molecule has 10 heteroatoms. The van der Waals surface area contributed by atoms with Crippen LogP contribution in [0.4, 0.5) is 0 Å². The molecule has 9 nitrogen and oxygen atoms in total. The first-order valence-corrected chi connectivity index (χ1v) is 24.2. The van der Waals surface area contributed by atoms with E-state index in [9.17, 15) is 24.5 Å². The summed E-state index contributed by atoms with van der Waals surface area (Å²) in [6.07, 6.45) is 45.2. The number of rotatable bonds is 42. The molecule has 0 saturated carbocycles. The molecule has 324 valence electrons. The van der Waals surface area contributed by atoms with Gasteiger partial charge in [-0.05, 0) is 57.8 Å². The van der Waals surface area contributed by atoms with E-state index in [-0.39, 0.29) is 19.6 Å². The summed E-state index contributed by atoms with van der Waals surface area (Å²) in [5.41, 5.74) is 5.36. The Kier molecular flexibility index (Phi) is 39.9. The molecule has 4 atom stereocenters. The van der Waals surface area contributed by atoms with E-state index in [0.29, 0.717) is 12.8 Å². The monoisotopic (exact) mass is 799 g/mol. The highest BCUT2D eigenvalue weighted by Gasteiger charge is 2.27. The van der Waals surface area contributed by atoms with Gasteiger partial charge in [-0.3, -0.25) is 13.8 Å². The third-order valence-electron chi connectivity index (χ3n) is 9.99. The maximum Gasteiger partial charge on any atom is 0.472 e. The fraction of sp³-hybridized carbons (Fsp3) is 0.844. The minimum atomic E-state index is -4.41. The van der Waals surface area contributed by atoms with Crippen LogP contribution in [0.1, 0.15) is 206 Å². The average molecular weight is 799 g/mol. The molecular formula is C45H87N2O7P. The molecule has 0 aromatic heterocycles. The number of hydrogen-bond donors (Lipinski definition) is 5. The van der Waals surface area contributed by atoms with Crippen molar-refractivity contribution in [1.29, 1.82) is 0 Å². The SMILES string of the molecule is CCCCCCCCCCC/C=C\CCCCCC(O)CC(=O)NC(COP(=O)(O)OCCN)C(O)/C=C/CC/C=C/CCCCCCCCCCCCC. The van der Waals surface area contributed by atoms with E-state index in [1.54, 1.807) is 6.08 Å². The van der Waals surface area contributed by atoms with Gasteiger partial charge in [0.1, 0.15) is 0 Å². The summed E-state index contributed by atoms with van der Waals surface area (Å²) in [7, 11) is -4.41. The van der Waals surface area contributed by atoms with Gasteiger partial charge < -0.3 is 26.2 Å². The number of carbonyl (C=O) groups excluding carboxylic acids is 1. The van der Waals surface area contributed by atoms with E-state index in [4.69, 9.17) is 14.8 Å². The van der Waals surface area contributed by atoms with Gasteiger partial charge in [-0.2, -0.15) is 0 Å². The molecule has 55 heavy (non-hydrogen) atoms. The molecule has 0 aromatic rings. The Balaban J connectivity index is 4.37. The highest BCUT2D eigenvalue weighted by atomic mass is 31.2. The maximum atomic E-state index is 12.8. The second-order valence-electron chi connectivity index (χ2n) is 15.4. The standard InChI is InChI=1S/C45H87N2O7P/c1-3-5-7-9-11-13-15-17-19-21-23-25-27-29-31-33-35-37-44(49)43(41-54-55(51,52)53-39-38-46)47-45(50)40-42(48)36-34-32-30-28-26-24-22-20-18-16-14-12-10-8-6-4-2/h24,26-27,29,35,37,42-44,48-49H,3-23,25,28,30-34,36,38-41,46H2,1-2H3,(H,47,50)(H,51,52)/b26-24-,29-27+,37-35+. The number of phosphoric acid groups is 1. The Labute approximate surface area is 338 Å². The number of phosphoric ester groups is 1. The van der Waals surface area contributed by atoms with Crippen LogP contribution >= 0.6 is 7.82 Å². The number of allylic oxidation sites excluding steroid dienone is 5. The molecular weight excluding hydrogens is 711 g/mol. The summed E-state index contributed by atoms with van der Waals surface area (Å²) in [6, 6.07) is -1.00. The quantitative estimate of drug-likeness (QED) is 0.0233. The summed E-state index contributed by atoms with van der Waals surface area (Å²) in [6.45, 7) is 3.95. The van der Waals surface area contributed by atoms with Gasteiger partial charge in [0.15, 0.2) is 0 Å². The molecule has 4 unspecified atom stereocenters. The van der Waals surface area contributed by atoms with Crippen LogP contribution in [0.2, 0.25) is 0 Å². The predicted molar refractivity (Wildman–Crippen MR) is 232 cm³/mol. The van der Waals surface area contributed by atoms with Gasteiger partial charge in [-0.15, -0.1) is 0 Å². The number of hydrogen-bond acceptors (Lipinski definition) is 7. The maximum absolute atomic E-state index is 12.8. The Bertz CT molecular complexity index is 977. The number of aliphatic hydroxyl groups excluding tert-OH is 2. The number of unbranched alkanes of at least 4 members (excludes halogenated alkanes) is 24. The van der Waals surface area contributed by atoms with Gasteiger partial charge >= 0.3 is 7.82 Å². The predicted octanol–water partition coefficient (Wildman–Crippen LogP) is 11.7. The van der Waals surface area contributed by atoms with Crippen molar-refractivity contribution in [2.24, 2.45) is 5.73 Å². The molecule has 0 radical (unpaired) electrons. The van der Waals surface area contributed by atoms with Crippen LogP contribution in [0, 0.1) is 0 Å². The summed E-state index contributed by atoms with van der Waals surface area (Å²) >= 11 is 0. The number of carbonyl (C=O) groups is 1. The molecule has 0 aromatic carbocycles. The number of nitrogens with two attached hydrogens (primary N) is 1. The Morgan fingerprint density at radius 2 is 1.04 bits per heavy atom. The summed E-state index contributed by atoms with van der Waals surface area (Å²) < 4.78 is 22.1. The van der Waals surface area contributed by atoms with Gasteiger partial charge in [0.25, 0.3) is 0 Å². The van der Waals surface area contributed by atoms with E-state index in [2.05, 4.69) is 43.5 Å². The van der Waals surface area contributed by atoms with Crippen molar-refractivity contribution in [3.05, 3.63) is 36.5 Å². The smallest absolute Gasteiger partial charge is 0.393 e. The van der Waals surface area contributed by atoms with Crippen molar-refractivity contribution in [3.8, 4) is 0 Å². The van der Waals surface area contributed by atoms with Crippen LogP contribution in [0.15, 0.2) is 36.5 Å². The van der Waals surface area contributed by atoms with Crippen molar-refractivity contribution in [2.75, 3.05) is 19.8 Å². The fourth-order valence-electron chi connectivity index (χ4n) is 6.54. The molecule has 0 rings (SSSR count). The minimum Gasteiger partial charge on any atom is -0.393 e. The van der Waals surface area contributed by atoms with Gasteiger partial charge in [0, 0.05) is 6.54 Å². The molecule has 0 fully saturated rings. The molecule has 0 aliphatic rings. The highest BCUT2D eigenvalue weighted by Crippen LogP contribution is 2.43. The van der Waals surface area contributed by atoms with E-state index in [1.165, 1.54) is 128 Å². The number of amides is 1. The van der Waals surface area contributed by atoms with Crippen LogP contribution in [0.25, 0.3) is 0 Å². The van der Waals surface area contributed by atoms with Crippen LogP contribution in [-0.4, -0.2) is 59.0 Å². The van der Waals surface area contributed by atoms with Crippen molar-refractivity contribution < 1.29 is 33.5 Å². The largest absolute Gasteiger partial charge is 0.472 e. The second kappa shape index (κ2) is 40.9.